The summed E-state index contributed by atoms with van der Waals surface area (Å²) in [6.07, 6.45) is 0. The number of carboxylic acid groups (broad SMARTS) is 1. The van der Waals surface area contributed by atoms with Gasteiger partial charge < -0.3 is 15.2 Å². The molecule has 0 bridgehead atoms. The van der Waals surface area contributed by atoms with Crippen molar-refractivity contribution in [1.29, 1.82) is 0 Å². The van der Waals surface area contributed by atoms with Gasteiger partial charge in [0, 0.05) is 6.54 Å². The molecule has 0 fully saturated rings. The van der Waals surface area contributed by atoms with Gasteiger partial charge in [-0.3, -0.25) is 4.79 Å². The second-order valence-electron chi connectivity index (χ2n) is 5.26. The molecule has 2 rings (SSSR count). The Balaban J connectivity index is 2.01. The summed E-state index contributed by atoms with van der Waals surface area (Å²) in [5, 5.41) is 12.5. The molecule has 0 aliphatic rings. The van der Waals surface area contributed by atoms with Crippen LogP contribution in [0.4, 0.5) is 0 Å². The molecule has 0 aliphatic heterocycles. The summed E-state index contributed by atoms with van der Waals surface area (Å²) in [4.78, 5) is 11.5. The van der Waals surface area contributed by atoms with Gasteiger partial charge in [-0.05, 0) is 29.2 Å². The molecule has 0 saturated heterocycles. The number of aliphatic carboxylic acids is 1. The standard InChI is InChI=1S/C18H21NO3/c1-13(14-8-10-16(22-2)11-9-14)12-19-17(18(20)21)15-6-4-3-5-7-15/h3-11,13,17,19H,12H2,1-2H3,(H,20,21)/t13?,17-/m1/s1. The highest BCUT2D eigenvalue weighted by molar-refractivity contribution is 5.75. The third-order valence-corrected chi connectivity index (χ3v) is 3.69. The molecule has 0 radical (unpaired) electrons. The van der Waals surface area contributed by atoms with Crippen molar-refractivity contribution in [3.63, 3.8) is 0 Å². The van der Waals surface area contributed by atoms with Gasteiger partial charge in [-0.2, -0.15) is 0 Å². The van der Waals surface area contributed by atoms with E-state index in [1.165, 1.54) is 0 Å². The lowest BCUT2D eigenvalue weighted by Crippen LogP contribution is -2.31. The summed E-state index contributed by atoms with van der Waals surface area (Å²) in [5.41, 5.74) is 1.91. The molecule has 4 heteroatoms. The zero-order valence-electron chi connectivity index (χ0n) is 12.8. The maximum absolute atomic E-state index is 11.5. The molecular weight excluding hydrogens is 278 g/mol. The van der Waals surface area contributed by atoms with E-state index < -0.39 is 12.0 Å². The van der Waals surface area contributed by atoms with Crippen molar-refractivity contribution in [2.24, 2.45) is 0 Å². The lowest BCUT2D eigenvalue weighted by Gasteiger charge is -2.19. The highest BCUT2D eigenvalue weighted by Crippen LogP contribution is 2.20. The zero-order chi connectivity index (χ0) is 15.9. The van der Waals surface area contributed by atoms with Crippen molar-refractivity contribution in [2.45, 2.75) is 18.9 Å². The quantitative estimate of drug-likeness (QED) is 0.824. The van der Waals surface area contributed by atoms with E-state index in [2.05, 4.69) is 12.2 Å². The monoisotopic (exact) mass is 299 g/mol. The Morgan fingerprint density at radius 3 is 2.27 bits per heavy atom. The fourth-order valence-electron chi connectivity index (χ4n) is 2.34. The lowest BCUT2D eigenvalue weighted by atomic mass is 10.00. The molecule has 0 aliphatic carbocycles. The number of nitrogens with one attached hydrogen (secondary N) is 1. The first-order valence-electron chi connectivity index (χ1n) is 7.27. The van der Waals surface area contributed by atoms with Gasteiger partial charge in [0.2, 0.25) is 0 Å². The summed E-state index contributed by atoms with van der Waals surface area (Å²) in [6, 6.07) is 16.4. The van der Waals surface area contributed by atoms with Crippen LogP contribution >= 0.6 is 0 Å². The second kappa shape index (κ2) is 7.61. The van der Waals surface area contributed by atoms with Crippen LogP contribution in [-0.2, 0) is 4.79 Å². The molecular formula is C18H21NO3. The number of hydrogen-bond acceptors (Lipinski definition) is 3. The zero-order valence-corrected chi connectivity index (χ0v) is 12.8. The average molecular weight is 299 g/mol. The largest absolute Gasteiger partial charge is 0.497 e. The number of ether oxygens (including phenoxy) is 1. The van der Waals surface area contributed by atoms with E-state index in [4.69, 9.17) is 4.74 Å². The number of carboxylic acids is 1. The van der Waals surface area contributed by atoms with Gasteiger partial charge in [-0.1, -0.05) is 49.4 Å². The smallest absolute Gasteiger partial charge is 0.325 e. The Labute approximate surface area is 130 Å². The first kappa shape index (κ1) is 16.0. The second-order valence-corrected chi connectivity index (χ2v) is 5.26. The molecule has 4 nitrogen and oxygen atoms in total. The first-order chi connectivity index (χ1) is 10.6. The Hall–Kier alpha value is -2.33. The number of benzene rings is 2. The fourth-order valence-corrected chi connectivity index (χ4v) is 2.34. The van der Waals surface area contributed by atoms with Crippen LogP contribution < -0.4 is 10.1 Å². The van der Waals surface area contributed by atoms with Crippen LogP contribution in [0, 0.1) is 0 Å². The number of hydrogen-bond donors (Lipinski definition) is 2. The molecule has 2 atom stereocenters. The molecule has 0 aromatic heterocycles. The Morgan fingerprint density at radius 2 is 1.73 bits per heavy atom. The summed E-state index contributed by atoms with van der Waals surface area (Å²) in [5.74, 6) is 0.154. The van der Waals surface area contributed by atoms with E-state index in [-0.39, 0.29) is 5.92 Å². The van der Waals surface area contributed by atoms with Gasteiger partial charge in [0.25, 0.3) is 0 Å². The maximum Gasteiger partial charge on any atom is 0.325 e. The van der Waals surface area contributed by atoms with Crippen molar-refractivity contribution in [2.75, 3.05) is 13.7 Å². The lowest BCUT2D eigenvalue weighted by molar-refractivity contribution is -0.139. The van der Waals surface area contributed by atoms with E-state index in [0.29, 0.717) is 6.54 Å². The number of rotatable bonds is 7. The predicted octanol–water partition coefficient (Wildman–Crippen LogP) is 3.21. The molecule has 0 saturated carbocycles. The maximum atomic E-state index is 11.5. The van der Waals surface area contributed by atoms with Crippen LogP contribution in [0.15, 0.2) is 54.6 Å². The molecule has 2 aromatic carbocycles. The number of carbonyl (C=O) groups is 1. The predicted molar refractivity (Wildman–Crippen MR) is 86.2 cm³/mol. The minimum atomic E-state index is -0.867. The van der Waals surface area contributed by atoms with E-state index in [0.717, 1.165) is 16.9 Å². The van der Waals surface area contributed by atoms with Crippen molar-refractivity contribution in [3.8, 4) is 5.75 Å². The van der Waals surface area contributed by atoms with Crippen LogP contribution in [0.3, 0.4) is 0 Å². The van der Waals surface area contributed by atoms with E-state index in [1.54, 1.807) is 7.11 Å². The Morgan fingerprint density at radius 1 is 1.09 bits per heavy atom. The van der Waals surface area contributed by atoms with Gasteiger partial charge >= 0.3 is 5.97 Å². The SMILES string of the molecule is COc1ccc(C(C)CN[C@@H](C(=O)O)c2ccccc2)cc1. The third kappa shape index (κ3) is 4.09. The molecule has 0 spiro atoms. The van der Waals surface area contributed by atoms with Gasteiger partial charge in [0.05, 0.1) is 7.11 Å². The highest BCUT2D eigenvalue weighted by atomic mass is 16.5. The Kier molecular flexibility index (Phi) is 5.55. The summed E-state index contributed by atoms with van der Waals surface area (Å²) < 4.78 is 5.14. The van der Waals surface area contributed by atoms with Crippen molar-refractivity contribution in [1.82, 2.24) is 5.32 Å². The first-order valence-corrected chi connectivity index (χ1v) is 7.27. The van der Waals surface area contributed by atoms with Crippen LogP contribution in [-0.4, -0.2) is 24.7 Å². The normalized spacial score (nSPS) is 13.4. The van der Waals surface area contributed by atoms with Crippen molar-refractivity contribution >= 4 is 5.97 Å². The summed E-state index contributed by atoms with van der Waals surface area (Å²) in [7, 11) is 1.64. The Bertz CT molecular complexity index is 595. The fraction of sp³-hybridized carbons (Fsp3) is 0.278. The average Bonchev–Trinajstić information content (AvgIpc) is 2.55. The van der Waals surface area contributed by atoms with Crippen molar-refractivity contribution in [3.05, 3.63) is 65.7 Å². The van der Waals surface area contributed by atoms with Crippen molar-refractivity contribution < 1.29 is 14.6 Å². The minimum absolute atomic E-state index is 0.205. The summed E-state index contributed by atoms with van der Waals surface area (Å²) in [6.45, 7) is 2.65. The molecule has 22 heavy (non-hydrogen) atoms. The van der Waals surface area contributed by atoms with Crippen LogP contribution in [0.1, 0.15) is 30.0 Å². The van der Waals surface area contributed by atoms with Gasteiger partial charge in [-0.25, -0.2) is 0 Å². The van der Waals surface area contributed by atoms with Crippen LogP contribution in [0.25, 0.3) is 0 Å². The van der Waals surface area contributed by atoms with E-state index >= 15 is 0 Å². The van der Waals surface area contributed by atoms with Gasteiger partial charge in [-0.15, -0.1) is 0 Å². The molecule has 2 N–H and O–H groups in total. The molecule has 0 amide bonds. The molecule has 1 unspecified atom stereocenters. The third-order valence-electron chi connectivity index (χ3n) is 3.69. The van der Waals surface area contributed by atoms with E-state index in [9.17, 15) is 9.90 Å². The van der Waals surface area contributed by atoms with Gasteiger partial charge in [0.1, 0.15) is 11.8 Å². The molecule has 2 aromatic rings. The van der Waals surface area contributed by atoms with Crippen LogP contribution in [0.2, 0.25) is 0 Å². The molecule has 0 heterocycles. The highest BCUT2D eigenvalue weighted by Gasteiger charge is 2.19. The molecule has 116 valence electrons. The van der Waals surface area contributed by atoms with E-state index in [1.807, 2.05) is 54.6 Å². The summed E-state index contributed by atoms with van der Waals surface area (Å²) >= 11 is 0. The minimum Gasteiger partial charge on any atom is -0.497 e. The number of methoxy groups -OCH3 is 1. The topological polar surface area (TPSA) is 58.6 Å². The van der Waals surface area contributed by atoms with Gasteiger partial charge in [0.15, 0.2) is 0 Å². The van der Waals surface area contributed by atoms with Crippen LogP contribution in [0.5, 0.6) is 5.75 Å².